The van der Waals surface area contributed by atoms with Crippen molar-refractivity contribution in [3.05, 3.63) is 46.9 Å². The minimum atomic E-state index is -1.13. The number of hydrogen-bond donors (Lipinski definition) is 4. The zero-order valence-corrected chi connectivity index (χ0v) is 13.3. The fourth-order valence-electron chi connectivity index (χ4n) is 1.69. The maximum absolute atomic E-state index is 11.9. The third-order valence-electron chi connectivity index (χ3n) is 2.70. The van der Waals surface area contributed by atoms with Crippen molar-refractivity contribution >= 4 is 39.3 Å². The van der Waals surface area contributed by atoms with E-state index in [1.54, 1.807) is 18.2 Å². The van der Waals surface area contributed by atoms with Crippen LogP contribution in [0, 0.1) is 0 Å². The van der Waals surface area contributed by atoms with E-state index in [0.29, 0.717) is 5.69 Å². The maximum atomic E-state index is 11.9. The number of urea groups is 1. The quantitative estimate of drug-likeness (QED) is 0.595. The van der Waals surface area contributed by atoms with Gasteiger partial charge in [-0.3, -0.25) is 0 Å². The Hall–Kier alpha value is -2.74. The van der Waals surface area contributed by atoms with Crippen LogP contribution in [-0.2, 0) is 4.79 Å². The lowest BCUT2D eigenvalue weighted by atomic mass is 10.2. The molecule has 0 atom stereocenters. The Morgan fingerprint density at radius 1 is 1.09 bits per heavy atom. The van der Waals surface area contributed by atoms with Gasteiger partial charge in [-0.2, -0.15) is 0 Å². The highest BCUT2D eigenvalue weighted by Gasteiger charge is 2.09. The highest BCUT2D eigenvalue weighted by Crippen LogP contribution is 2.28. The van der Waals surface area contributed by atoms with Gasteiger partial charge in [0.25, 0.3) is 0 Å². The lowest BCUT2D eigenvalue weighted by Gasteiger charge is -2.11. The number of ether oxygens (including phenoxy) is 1. The number of amides is 2. The van der Waals surface area contributed by atoms with Gasteiger partial charge in [-0.25, -0.2) is 9.59 Å². The van der Waals surface area contributed by atoms with Crippen LogP contribution in [0.2, 0.25) is 0 Å². The average molecular weight is 381 g/mol. The molecule has 23 heavy (non-hydrogen) atoms. The molecule has 2 aromatic carbocycles. The number of anilines is 2. The topological polar surface area (TPSA) is 108 Å². The standard InChI is InChI=1S/C15H13BrN2O5/c16-10-3-1-2-4-11(10)17-15(22)18-12-6-5-9(7-13(12)19)23-8-14(20)21/h1-7,19H,8H2,(H,20,21)(H2,17,18,22). The van der Waals surface area contributed by atoms with E-state index in [9.17, 15) is 14.7 Å². The average Bonchev–Trinajstić information content (AvgIpc) is 2.50. The van der Waals surface area contributed by atoms with Crippen LogP contribution < -0.4 is 15.4 Å². The summed E-state index contributed by atoms with van der Waals surface area (Å²) in [7, 11) is 0. The van der Waals surface area contributed by atoms with E-state index in [1.165, 1.54) is 18.2 Å². The van der Waals surface area contributed by atoms with Crippen LogP contribution >= 0.6 is 15.9 Å². The molecule has 0 heterocycles. The summed E-state index contributed by atoms with van der Waals surface area (Å²) in [5.41, 5.74) is 0.739. The van der Waals surface area contributed by atoms with Gasteiger partial charge in [0.05, 0.1) is 11.4 Å². The number of phenolic OH excluding ortho intramolecular Hbond substituents is 1. The predicted octanol–water partition coefficient (Wildman–Crippen LogP) is 3.26. The number of halogens is 1. The Kier molecular flexibility index (Phi) is 5.42. The molecule has 0 fully saturated rings. The number of aliphatic carboxylic acids is 1. The monoisotopic (exact) mass is 380 g/mol. The summed E-state index contributed by atoms with van der Waals surface area (Å²) in [5.74, 6) is -1.18. The van der Waals surface area contributed by atoms with E-state index in [-0.39, 0.29) is 17.2 Å². The molecule has 0 radical (unpaired) electrons. The lowest BCUT2D eigenvalue weighted by Crippen LogP contribution is -2.19. The third-order valence-corrected chi connectivity index (χ3v) is 3.39. The molecule has 0 bridgehead atoms. The summed E-state index contributed by atoms with van der Waals surface area (Å²) in [4.78, 5) is 22.3. The van der Waals surface area contributed by atoms with E-state index >= 15 is 0 Å². The van der Waals surface area contributed by atoms with Crippen molar-refractivity contribution in [1.29, 1.82) is 0 Å². The number of para-hydroxylation sites is 1. The first-order valence-electron chi connectivity index (χ1n) is 6.46. The lowest BCUT2D eigenvalue weighted by molar-refractivity contribution is -0.139. The van der Waals surface area contributed by atoms with Crippen molar-refractivity contribution in [2.75, 3.05) is 17.2 Å². The number of nitrogens with one attached hydrogen (secondary N) is 2. The van der Waals surface area contributed by atoms with Gasteiger partial charge in [-0.15, -0.1) is 0 Å². The summed E-state index contributed by atoms with van der Waals surface area (Å²) in [5, 5.41) is 23.5. The van der Waals surface area contributed by atoms with Gasteiger partial charge in [0, 0.05) is 10.5 Å². The molecule has 0 unspecified atom stereocenters. The molecule has 120 valence electrons. The number of benzene rings is 2. The van der Waals surface area contributed by atoms with Crippen molar-refractivity contribution in [3.8, 4) is 11.5 Å². The van der Waals surface area contributed by atoms with Crippen LogP contribution in [0.4, 0.5) is 16.2 Å². The minimum Gasteiger partial charge on any atom is -0.506 e. The smallest absolute Gasteiger partial charge is 0.341 e. The number of rotatable bonds is 5. The third kappa shape index (κ3) is 4.89. The number of carbonyl (C=O) groups excluding carboxylic acids is 1. The minimum absolute atomic E-state index is 0.164. The molecule has 0 aliphatic rings. The zero-order valence-electron chi connectivity index (χ0n) is 11.7. The van der Waals surface area contributed by atoms with Crippen molar-refractivity contribution < 1.29 is 24.5 Å². The van der Waals surface area contributed by atoms with Crippen LogP contribution in [0.1, 0.15) is 0 Å². The Morgan fingerprint density at radius 3 is 2.43 bits per heavy atom. The first-order chi connectivity index (χ1) is 11.0. The van der Waals surface area contributed by atoms with Gasteiger partial charge in [-0.05, 0) is 40.2 Å². The molecule has 4 N–H and O–H groups in total. The first kappa shape index (κ1) is 16.6. The number of carboxylic acid groups (broad SMARTS) is 1. The normalized spacial score (nSPS) is 9.96. The second-order valence-electron chi connectivity index (χ2n) is 4.42. The molecule has 0 aliphatic heterocycles. The Bertz CT molecular complexity index is 736. The highest BCUT2D eigenvalue weighted by molar-refractivity contribution is 9.10. The van der Waals surface area contributed by atoms with Gasteiger partial charge in [0.2, 0.25) is 0 Å². The summed E-state index contributed by atoms with van der Waals surface area (Å²) >= 11 is 3.31. The van der Waals surface area contributed by atoms with Crippen LogP contribution in [0.25, 0.3) is 0 Å². The summed E-state index contributed by atoms with van der Waals surface area (Å²) < 4.78 is 5.64. The molecular formula is C15H13BrN2O5. The Balaban J connectivity index is 2.01. The Morgan fingerprint density at radius 2 is 1.78 bits per heavy atom. The number of aromatic hydroxyl groups is 1. The molecule has 0 spiro atoms. The fourth-order valence-corrected chi connectivity index (χ4v) is 2.07. The second-order valence-corrected chi connectivity index (χ2v) is 5.27. The predicted molar refractivity (Wildman–Crippen MR) is 88.0 cm³/mol. The Labute approximate surface area is 140 Å². The molecule has 0 aliphatic carbocycles. The highest BCUT2D eigenvalue weighted by atomic mass is 79.9. The van der Waals surface area contributed by atoms with Gasteiger partial charge in [0.1, 0.15) is 11.5 Å². The molecular weight excluding hydrogens is 368 g/mol. The van der Waals surface area contributed by atoms with Crippen LogP contribution in [0.3, 0.4) is 0 Å². The molecule has 2 amide bonds. The van der Waals surface area contributed by atoms with Crippen molar-refractivity contribution in [1.82, 2.24) is 0 Å². The number of phenols is 1. The second kappa shape index (κ2) is 7.50. The fraction of sp³-hybridized carbons (Fsp3) is 0.0667. The van der Waals surface area contributed by atoms with E-state index in [0.717, 1.165) is 4.47 Å². The molecule has 0 aromatic heterocycles. The maximum Gasteiger partial charge on any atom is 0.341 e. The van der Waals surface area contributed by atoms with Crippen LogP contribution in [0.5, 0.6) is 11.5 Å². The molecule has 8 heteroatoms. The molecule has 2 rings (SSSR count). The van der Waals surface area contributed by atoms with Crippen LogP contribution in [-0.4, -0.2) is 28.8 Å². The van der Waals surface area contributed by atoms with Crippen molar-refractivity contribution in [2.24, 2.45) is 0 Å². The molecule has 0 saturated heterocycles. The molecule has 7 nitrogen and oxygen atoms in total. The molecule has 2 aromatic rings. The summed E-state index contributed by atoms with van der Waals surface area (Å²) in [6.07, 6.45) is 0. The zero-order chi connectivity index (χ0) is 16.8. The van der Waals surface area contributed by atoms with E-state index in [4.69, 9.17) is 9.84 Å². The largest absolute Gasteiger partial charge is 0.506 e. The van der Waals surface area contributed by atoms with Gasteiger partial charge < -0.3 is 25.6 Å². The van der Waals surface area contributed by atoms with Crippen LogP contribution in [0.15, 0.2) is 46.9 Å². The number of carboxylic acids is 1. The van der Waals surface area contributed by atoms with E-state index < -0.39 is 18.6 Å². The first-order valence-corrected chi connectivity index (χ1v) is 7.25. The van der Waals surface area contributed by atoms with Gasteiger partial charge in [0.15, 0.2) is 6.61 Å². The van der Waals surface area contributed by atoms with Crippen molar-refractivity contribution in [2.45, 2.75) is 0 Å². The van der Waals surface area contributed by atoms with E-state index in [1.807, 2.05) is 6.07 Å². The van der Waals surface area contributed by atoms with Gasteiger partial charge in [-0.1, -0.05) is 12.1 Å². The summed E-state index contributed by atoms with van der Waals surface area (Å²) in [6, 6.07) is 10.6. The van der Waals surface area contributed by atoms with Crippen molar-refractivity contribution in [3.63, 3.8) is 0 Å². The number of hydrogen-bond acceptors (Lipinski definition) is 4. The molecule has 0 saturated carbocycles. The summed E-state index contributed by atoms with van der Waals surface area (Å²) in [6.45, 7) is -0.519. The van der Waals surface area contributed by atoms with E-state index in [2.05, 4.69) is 26.6 Å². The van der Waals surface area contributed by atoms with Gasteiger partial charge >= 0.3 is 12.0 Å². The SMILES string of the molecule is O=C(O)COc1ccc(NC(=O)Nc2ccccc2Br)c(O)c1. The number of carbonyl (C=O) groups is 2.